The van der Waals surface area contributed by atoms with Crippen molar-refractivity contribution in [1.82, 2.24) is 0 Å². The zero-order chi connectivity index (χ0) is 23.4. The van der Waals surface area contributed by atoms with Gasteiger partial charge in [-0.15, -0.1) is 23.2 Å². The number of benzene rings is 2. The maximum Gasteiger partial charge on any atom is 0.150 e. The normalized spacial score (nSPS) is 11.7. The number of halogens is 2. The van der Waals surface area contributed by atoms with E-state index in [2.05, 4.69) is 72.8 Å². The van der Waals surface area contributed by atoms with Gasteiger partial charge in [0.15, 0.2) is 0 Å². The highest BCUT2D eigenvalue weighted by atomic mass is 35.5. The van der Waals surface area contributed by atoms with E-state index in [0.717, 1.165) is 49.7 Å². The third-order valence-electron chi connectivity index (χ3n) is 5.00. The van der Waals surface area contributed by atoms with Gasteiger partial charge in [0.25, 0.3) is 0 Å². The summed E-state index contributed by atoms with van der Waals surface area (Å²) in [5.74, 6) is 1.37. The molecule has 0 aliphatic heterocycles. The lowest BCUT2D eigenvalue weighted by molar-refractivity contribution is -0.139. The molecule has 0 saturated carbocycles. The molecule has 0 amide bonds. The number of alkyl halides is 2. The Hall–Kier alpha value is -1.62. The molecule has 2 rings (SSSR count). The Labute approximate surface area is 209 Å². The highest BCUT2D eigenvalue weighted by Crippen LogP contribution is 2.10. The lowest BCUT2D eigenvalue weighted by Crippen LogP contribution is -2.05. The van der Waals surface area contributed by atoms with Gasteiger partial charge in [-0.1, -0.05) is 72.8 Å². The zero-order valence-electron chi connectivity index (χ0n) is 19.4. The van der Waals surface area contributed by atoms with Crippen LogP contribution in [0.15, 0.2) is 72.8 Å². The largest absolute Gasteiger partial charge is 0.351 e. The fourth-order valence-corrected chi connectivity index (χ4v) is 3.42. The molecule has 2 aromatic rings. The van der Waals surface area contributed by atoms with Gasteiger partial charge < -0.3 is 14.2 Å². The van der Waals surface area contributed by atoms with Gasteiger partial charge in [-0.25, -0.2) is 0 Å². The summed E-state index contributed by atoms with van der Waals surface area (Å²) in [6, 6.07) is 17.0. The maximum atomic E-state index is 5.66. The van der Waals surface area contributed by atoms with E-state index >= 15 is 0 Å². The monoisotopic (exact) mass is 490 g/mol. The van der Waals surface area contributed by atoms with Crippen molar-refractivity contribution >= 4 is 23.2 Å². The van der Waals surface area contributed by atoms with Crippen molar-refractivity contribution in [2.75, 3.05) is 25.3 Å². The van der Waals surface area contributed by atoms with Crippen molar-refractivity contribution in [3.05, 3.63) is 95.1 Å². The molecule has 0 heterocycles. The van der Waals surface area contributed by atoms with Crippen molar-refractivity contribution in [3.63, 3.8) is 0 Å². The number of hydrogen-bond donors (Lipinski definition) is 0. The smallest absolute Gasteiger partial charge is 0.150 e. The summed E-state index contributed by atoms with van der Waals surface area (Å²) < 4.78 is 16.6. The molecule has 0 aliphatic carbocycles. The lowest BCUT2D eigenvalue weighted by atomic mass is 10.1. The molecule has 180 valence electrons. The van der Waals surface area contributed by atoms with Gasteiger partial charge in [-0.2, -0.15) is 0 Å². The molecule has 0 bridgehead atoms. The van der Waals surface area contributed by atoms with Crippen LogP contribution in [0.5, 0.6) is 0 Å². The number of ether oxygens (including phenoxy) is 3. The minimum Gasteiger partial charge on any atom is -0.351 e. The molecular weight excluding hydrogens is 455 g/mol. The molecule has 0 N–H and O–H groups in total. The van der Waals surface area contributed by atoms with Gasteiger partial charge in [-0.05, 0) is 60.8 Å². The molecule has 0 fully saturated rings. The second kappa shape index (κ2) is 18.8. The molecule has 5 heteroatoms. The molecule has 33 heavy (non-hydrogen) atoms. The van der Waals surface area contributed by atoms with E-state index in [1.807, 2.05) is 0 Å². The summed E-state index contributed by atoms with van der Waals surface area (Å²) in [4.78, 5) is 0. The van der Waals surface area contributed by atoms with Crippen LogP contribution >= 0.6 is 23.2 Å². The van der Waals surface area contributed by atoms with Gasteiger partial charge >= 0.3 is 0 Å². The average Bonchev–Trinajstić information content (AvgIpc) is 2.85. The molecule has 0 saturated heterocycles. The Morgan fingerprint density at radius 1 is 0.485 bits per heavy atom. The van der Waals surface area contributed by atoms with Crippen LogP contribution in [0.4, 0.5) is 0 Å². The SMILES string of the molecule is ClCC/C=C\CCc1ccc(COCOCOCc2ccc(CC/C=C\CCCl)cc2)cc1. The Morgan fingerprint density at radius 2 is 0.848 bits per heavy atom. The Kier molecular flexibility index (Phi) is 15.7. The summed E-state index contributed by atoms with van der Waals surface area (Å²) in [6.07, 6.45) is 14.7. The van der Waals surface area contributed by atoms with Crippen LogP contribution in [0.3, 0.4) is 0 Å². The fourth-order valence-electron chi connectivity index (χ4n) is 3.17. The number of rotatable bonds is 18. The summed E-state index contributed by atoms with van der Waals surface area (Å²) in [6.45, 7) is 1.48. The summed E-state index contributed by atoms with van der Waals surface area (Å²) in [5, 5.41) is 0. The summed E-state index contributed by atoms with van der Waals surface area (Å²) >= 11 is 11.3. The Bertz CT molecular complexity index is 718. The second-order valence-electron chi connectivity index (χ2n) is 7.75. The van der Waals surface area contributed by atoms with E-state index in [9.17, 15) is 0 Å². The van der Waals surface area contributed by atoms with Gasteiger partial charge in [0.2, 0.25) is 0 Å². The third-order valence-corrected chi connectivity index (χ3v) is 5.44. The van der Waals surface area contributed by atoms with Crippen LogP contribution in [0.1, 0.15) is 47.9 Å². The first-order chi connectivity index (χ1) is 16.3. The van der Waals surface area contributed by atoms with E-state index in [1.165, 1.54) is 11.1 Å². The van der Waals surface area contributed by atoms with Crippen LogP contribution in [0.2, 0.25) is 0 Å². The van der Waals surface area contributed by atoms with Crippen molar-refractivity contribution in [3.8, 4) is 0 Å². The van der Waals surface area contributed by atoms with Crippen LogP contribution in [-0.4, -0.2) is 25.3 Å². The van der Waals surface area contributed by atoms with E-state index in [1.54, 1.807) is 0 Å². The van der Waals surface area contributed by atoms with E-state index in [0.29, 0.717) is 25.0 Å². The topological polar surface area (TPSA) is 27.7 Å². The Morgan fingerprint density at radius 3 is 1.24 bits per heavy atom. The zero-order valence-corrected chi connectivity index (χ0v) is 20.9. The quantitative estimate of drug-likeness (QED) is 0.0931. The average molecular weight is 491 g/mol. The summed E-state index contributed by atoms with van der Waals surface area (Å²) in [7, 11) is 0. The predicted octanol–water partition coefficient (Wildman–Crippen LogP) is 7.59. The van der Waals surface area contributed by atoms with E-state index in [4.69, 9.17) is 37.4 Å². The van der Waals surface area contributed by atoms with Crippen molar-refractivity contribution < 1.29 is 14.2 Å². The first-order valence-corrected chi connectivity index (χ1v) is 12.7. The first-order valence-electron chi connectivity index (χ1n) is 11.6. The minimum atomic E-state index is 0.212. The molecular formula is C28H36Cl2O3. The molecule has 0 unspecified atom stereocenters. The molecule has 0 atom stereocenters. The van der Waals surface area contributed by atoms with Crippen LogP contribution in [0.25, 0.3) is 0 Å². The van der Waals surface area contributed by atoms with Gasteiger partial charge in [-0.3, -0.25) is 0 Å². The number of hydrogen-bond acceptors (Lipinski definition) is 3. The predicted molar refractivity (Wildman–Crippen MR) is 139 cm³/mol. The number of allylic oxidation sites excluding steroid dienone is 4. The van der Waals surface area contributed by atoms with Crippen molar-refractivity contribution in [1.29, 1.82) is 0 Å². The van der Waals surface area contributed by atoms with Gasteiger partial charge in [0, 0.05) is 11.8 Å². The molecule has 0 radical (unpaired) electrons. The van der Waals surface area contributed by atoms with Crippen LogP contribution in [0, 0.1) is 0 Å². The van der Waals surface area contributed by atoms with Gasteiger partial charge in [0.1, 0.15) is 13.6 Å². The molecule has 3 nitrogen and oxygen atoms in total. The van der Waals surface area contributed by atoms with E-state index in [-0.39, 0.29) is 13.6 Å². The maximum absolute atomic E-state index is 5.66. The molecule has 0 aliphatic rings. The van der Waals surface area contributed by atoms with Gasteiger partial charge in [0.05, 0.1) is 13.2 Å². The highest BCUT2D eigenvalue weighted by Gasteiger charge is 1.98. The second-order valence-corrected chi connectivity index (χ2v) is 8.50. The van der Waals surface area contributed by atoms with Crippen LogP contribution < -0.4 is 0 Å². The first kappa shape index (κ1) is 27.6. The minimum absolute atomic E-state index is 0.212. The van der Waals surface area contributed by atoms with Crippen molar-refractivity contribution in [2.45, 2.75) is 51.7 Å². The van der Waals surface area contributed by atoms with Crippen LogP contribution in [-0.2, 0) is 40.3 Å². The molecule has 0 aromatic heterocycles. The third kappa shape index (κ3) is 13.6. The molecule has 0 spiro atoms. The highest BCUT2D eigenvalue weighted by molar-refractivity contribution is 6.18. The standard InChI is InChI=1S/C28H36Cl2O3/c29-19-7-3-1-5-9-25-11-15-27(16-12-25)21-31-23-33-24-32-22-28-17-13-26(14-18-28)10-6-2-4-8-20-30/h1-4,11-18H,5-10,19-24H2/b3-1-,4-2-. The molecule has 2 aromatic carbocycles. The number of aryl methyl sites for hydroxylation is 2. The van der Waals surface area contributed by atoms with E-state index < -0.39 is 0 Å². The Balaban J connectivity index is 1.50. The summed E-state index contributed by atoms with van der Waals surface area (Å²) in [5.41, 5.74) is 4.92. The lowest BCUT2D eigenvalue weighted by Gasteiger charge is -2.08. The van der Waals surface area contributed by atoms with Crippen molar-refractivity contribution in [2.24, 2.45) is 0 Å². The fraction of sp³-hybridized carbons (Fsp3) is 0.429.